The van der Waals surface area contributed by atoms with Crippen molar-refractivity contribution < 1.29 is 22.7 Å². The number of carbonyl (C=O) groups excluding carboxylic acids is 1. The molecule has 4 rings (SSSR count). The fourth-order valence-corrected chi connectivity index (χ4v) is 5.95. The van der Waals surface area contributed by atoms with E-state index in [1.807, 2.05) is 60.7 Å². The second kappa shape index (κ2) is 10.9. The van der Waals surface area contributed by atoms with E-state index in [0.29, 0.717) is 30.9 Å². The Kier molecular flexibility index (Phi) is 7.73. The van der Waals surface area contributed by atoms with Crippen LogP contribution in [-0.4, -0.2) is 45.9 Å². The van der Waals surface area contributed by atoms with Crippen LogP contribution in [0.1, 0.15) is 30.0 Å². The first-order valence-corrected chi connectivity index (χ1v) is 13.0. The number of methoxy groups -OCH3 is 2. The summed E-state index contributed by atoms with van der Waals surface area (Å²) < 4.78 is 38.7. The molecule has 35 heavy (non-hydrogen) atoms. The van der Waals surface area contributed by atoms with E-state index >= 15 is 0 Å². The van der Waals surface area contributed by atoms with Gasteiger partial charge in [-0.25, -0.2) is 8.42 Å². The SMILES string of the molecule is COc1ccc(S(=O)(=O)N2CCC[C@H](C(=O)NC(c3ccccc3)c3ccccc3)C2)cc1OC. The number of ether oxygens (including phenoxy) is 2. The molecule has 1 N–H and O–H groups in total. The van der Waals surface area contributed by atoms with Crippen molar-refractivity contribution in [3.8, 4) is 11.5 Å². The highest BCUT2D eigenvalue weighted by Gasteiger charge is 2.34. The summed E-state index contributed by atoms with van der Waals surface area (Å²) in [6, 6.07) is 23.8. The largest absolute Gasteiger partial charge is 0.493 e. The van der Waals surface area contributed by atoms with Crippen LogP contribution >= 0.6 is 0 Å². The lowest BCUT2D eigenvalue weighted by Gasteiger charge is -2.32. The van der Waals surface area contributed by atoms with Gasteiger partial charge in [0.1, 0.15) is 0 Å². The Morgan fingerprint density at radius 3 is 2.09 bits per heavy atom. The Hall–Kier alpha value is -3.36. The van der Waals surface area contributed by atoms with Crippen molar-refractivity contribution in [3.05, 3.63) is 90.0 Å². The Bertz CT molecular complexity index is 1210. The highest BCUT2D eigenvalue weighted by molar-refractivity contribution is 7.89. The van der Waals surface area contributed by atoms with Crippen LogP contribution in [0.4, 0.5) is 0 Å². The van der Waals surface area contributed by atoms with Gasteiger partial charge in [-0.1, -0.05) is 60.7 Å². The molecule has 1 saturated heterocycles. The predicted octanol–water partition coefficient (Wildman–Crippen LogP) is 4.01. The quantitative estimate of drug-likeness (QED) is 0.512. The molecule has 1 amide bonds. The molecule has 184 valence electrons. The molecule has 1 aliphatic rings. The number of carbonyl (C=O) groups is 1. The molecule has 0 saturated carbocycles. The predicted molar refractivity (Wildman–Crippen MR) is 134 cm³/mol. The third kappa shape index (κ3) is 5.49. The van der Waals surface area contributed by atoms with Crippen LogP contribution in [0.15, 0.2) is 83.8 Å². The number of sulfonamides is 1. The molecule has 8 heteroatoms. The standard InChI is InChI=1S/C27H30N2O5S/c1-33-24-16-15-23(18-25(24)34-2)35(31,32)29-17-9-14-22(19-29)27(30)28-26(20-10-5-3-6-11-20)21-12-7-4-8-13-21/h3-8,10-13,15-16,18,22,26H,9,14,17,19H2,1-2H3,(H,28,30)/t22-/m0/s1. The number of piperidine rings is 1. The maximum atomic E-state index is 13.4. The summed E-state index contributed by atoms with van der Waals surface area (Å²) in [5, 5.41) is 3.17. The van der Waals surface area contributed by atoms with Crippen LogP contribution in [0.5, 0.6) is 11.5 Å². The van der Waals surface area contributed by atoms with Gasteiger partial charge in [0.2, 0.25) is 15.9 Å². The van der Waals surface area contributed by atoms with Crippen molar-refractivity contribution in [2.45, 2.75) is 23.8 Å². The molecule has 0 unspecified atom stereocenters. The maximum absolute atomic E-state index is 13.4. The minimum atomic E-state index is -3.80. The van der Waals surface area contributed by atoms with Gasteiger partial charge in [-0.15, -0.1) is 0 Å². The van der Waals surface area contributed by atoms with Gasteiger partial charge in [0, 0.05) is 19.2 Å². The second-order valence-corrected chi connectivity index (χ2v) is 10.4. The van der Waals surface area contributed by atoms with E-state index in [9.17, 15) is 13.2 Å². The molecule has 0 aromatic heterocycles. The summed E-state index contributed by atoms with van der Waals surface area (Å²) in [7, 11) is -0.839. The maximum Gasteiger partial charge on any atom is 0.243 e. The van der Waals surface area contributed by atoms with Gasteiger partial charge in [-0.3, -0.25) is 4.79 Å². The number of benzene rings is 3. The van der Waals surface area contributed by atoms with Crippen molar-refractivity contribution in [2.24, 2.45) is 5.92 Å². The Morgan fingerprint density at radius 1 is 0.914 bits per heavy atom. The van der Waals surface area contributed by atoms with E-state index in [1.54, 1.807) is 6.07 Å². The summed E-state index contributed by atoms with van der Waals surface area (Å²) in [5.74, 6) is 0.187. The lowest BCUT2D eigenvalue weighted by Crippen LogP contribution is -2.46. The number of rotatable bonds is 8. The van der Waals surface area contributed by atoms with Gasteiger partial charge >= 0.3 is 0 Å². The van der Waals surface area contributed by atoms with Gasteiger partial charge < -0.3 is 14.8 Å². The molecular weight excluding hydrogens is 464 g/mol. The molecule has 0 radical (unpaired) electrons. The van der Waals surface area contributed by atoms with Gasteiger partial charge in [0.05, 0.1) is 31.1 Å². The fraction of sp³-hybridized carbons (Fsp3) is 0.296. The molecule has 0 bridgehead atoms. The molecule has 7 nitrogen and oxygen atoms in total. The number of amides is 1. The molecule has 1 aliphatic heterocycles. The van der Waals surface area contributed by atoms with Crippen LogP contribution in [0.2, 0.25) is 0 Å². The van der Waals surface area contributed by atoms with E-state index in [0.717, 1.165) is 11.1 Å². The van der Waals surface area contributed by atoms with E-state index in [-0.39, 0.29) is 23.4 Å². The monoisotopic (exact) mass is 494 g/mol. The van der Waals surface area contributed by atoms with Gasteiger partial charge in [0.15, 0.2) is 11.5 Å². The first-order valence-electron chi connectivity index (χ1n) is 11.6. The number of hydrogen-bond acceptors (Lipinski definition) is 5. The zero-order valence-corrected chi connectivity index (χ0v) is 20.7. The summed E-state index contributed by atoms with van der Waals surface area (Å²) >= 11 is 0. The van der Waals surface area contributed by atoms with Crippen molar-refractivity contribution in [3.63, 3.8) is 0 Å². The van der Waals surface area contributed by atoms with Gasteiger partial charge in [0.25, 0.3) is 0 Å². The highest BCUT2D eigenvalue weighted by Crippen LogP contribution is 2.32. The van der Waals surface area contributed by atoms with E-state index in [4.69, 9.17) is 9.47 Å². The summed E-state index contributed by atoms with van der Waals surface area (Å²) in [5.41, 5.74) is 1.94. The van der Waals surface area contributed by atoms with Gasteiger partial charge in [-0.2, -0.15) is 4.31 Å². The molecule has 1 atom stereocenters. The first-order chi connectivity index (χ1) is 16.9. The molecular formula is C27H30N2O5S. The van der Waals surface area contributed by atoms with Crippen LogP contribution in [0.25, 0.3) is 0 Å². The lowest BCUT2D eigenvalue weighted by molar-refractivity contribution is -0.126. The number of nitrogens with zero attached hydrogens (tertiary/aromatic N) is 1. The Morgan fingerprint density at radius 2 is 1.51 bits per heavy atom. The first kappa shape index (κ1) is 24.8. The summed E-state index contributed by atoms with van der Waals surface area (Å²) in [6.45, 7) is 0.486. The topological polar surface area (TPSA) is 84.9 Å². The number of nitrogens with one attached hydrogen (secondary N) is 1. The van der Waals surface area contributed by atoms with Crippen LogP contribution in [0, 0.1) is 5.92 Å². The second-order valence-electron chi connectivity index (χ2n) is 8.48. The highest BCUT2D eigenvalue weighted by atomic mass is 32.2. The van der Waals surface area contributed by atoms with Gasteiger partial charge in [-0.05, 0) is 36.1 Å². The van der Waals surface area contributed by atoms with Crippen molar-refractivity contribution in [1.82, 2.24) is 9.62 Å². The number of hydrogen-bond donors (Lipinski definition) is 1. The molecule has 1 fully saturated rings. The zero-order valence-electron chi connectivity index (χ0n) is 19.9. The van der Waals surface area contributed by atoms with Crippen molar-refractivity contribution in [2.75, 3.05) is 27.3 Å². The lowest BCUT2D eigenvalue weighted by atomic mass is 9.95. The molecule has 0 spiro atoms. The average Bonchev–Trinajstić information content (AvgIpc) is 2.92. The van der Waals surface area contributed by atoms with Crippen LogP contribution in [0.3, 0.4) is 0 Å². The Labute approximate surface area is 206 Å². The fourth-order valence-electron chi connectivity index (χ4n) is 4.41. The molecule has 1 heterocycles. The molecule has 3 aromatic rings. The zero-order chi connectivity index (χ0) is 24.8. The smallest absolute Gasteiger partial charge is 0.243 e. The average molecular weight is 495 g/mol. The van der Waals surface area contributed by atoms with Crippen molar-refractivity contribution in [1.29, 1.82) is 0 Å². The molecule has 3 aromatic carbocycles. The minimum absolute atomic E-state index is 0.114. The summed E-state index contributed by atoms with van der Waals surface area (Å²) in [6.07, 6.45) is 1.23. The third-order valence-electron chi connectivity index (χ3n) is 6.30. The van der Waals surface area contributed by atoms with E-state index in [1.165, 1.54) is 30.7 Å². The summed E-state index contributed by atoms with van der Waals surface area (Å²) in [4.78, 5) is 13.5. The van der Waals surface area contributed by atoms with Crippen LogP contribution < -0.4 is 14.8 Å². The normalized spacial score (nSPS) is 16.6. The van der Waals surface area contributed by atoms with Crippen LogP contribution in [-0.2, 0) is 14.8 Å². The Balaban J connectivity index is 1.53. The van der Waals surface area contributed by atoms with E-state index < -0.39 is 15.9 Å². The minimum Gasteiger partial charge on any atom is -0.493 e. The van der Waals surface area contributed by atoms with E-state index in [2.05, 4.69) is 5.32 Å². The third-order valence-corrected chi connectivity index (χ3v) is 8.16. The van der Waals surface area contributed by atoms with Crippen molar-refractivity contribution >= 4 is 15.9 Å². The molecule has 0 aliphatic carbocycles.